The monoisotopic (exact) mass is 648 g/mol. The molecule has 2 atom stereocenters. The van der Waals surface area contributed by atoms with Crippen LogP contribution in [0.3, 0.4) is 0 Å². The van der Waals surface area contributed by atoms with Crippen LogP contribution in [0.5, 0.6) is 34.5 Å². The van der Waals surface area contributed by atoms with Crippen LogP contribution >= 0.6 is 0 Å². The highest BCUT2D eigenvalue weighted by atomic mass is 16.6. The van der Waals surface area contributed by atoms with Crippen molar-refractivity contribution in [3.8, 4) is 34.5 Å². The average molecular weight is 649 g/mol. The van der Waals surface area contributed by atoms with Crippen molar-refractivity contribution < 1.29 is 66.5 Å². The highest BCUT2D eigenvalue weighted by Gasteiger charge is 2.61. The van der Waals surface area contributed by atoms with Gasteiger partial charge in [-0.2, -0.15) is 0 Å². The summed E-state index contributed by atoms with van der Waals surface area (Å²) in [6.45, 7) is 0. The van der Waals surface area contributed by atoms with Gasteiger partial charge in [-0.05, 0) is 42.2 Å². The Morgan fingerprint density at radius 2 is 1.09 bits per heavy atom. The lowest BCUT2D eigenvalue weighted by Crippen LogP contribution is -2.51. The molecule has 14 nitrogen and oxygen atoms in total. The molecule has 2 aromatic rings. The van der Waals surface area contributed by atoms with Crippen molar-refractivity contribution in [2.45, 2.75) is 24.7 Å². The van der Waals surface area contributed by atoms with Crippen molar-refractivity contribution >= 4 is 23.9 Å². The Balaban J connectivity index is 2.61. The molecule has 3 rings (SSSR count). The molecule has 2 aromatic carbocycles. The molecule has 252 valence electrons. The van der Waals surface area contributed by atoms with Gasteiger partial charge in [0.15, 0.2) is 34.3 Å². The molecule has 1 aliphatic carbocycles. The van der Waals surface area contributed by atoms with Gasteiger partial charge < -0.3 is 47.4 Å². The van der Waals surface area contributed by atoms with E-state index in [1.54, 1.807) is 18.2 Å². The first-order chi connectivity index (χ1) is 22.0. The van der Waals surface area contributed by atoms with E-state index in [4.69, 9.17) is 47.4 Å². The Hall–Kier alpha value is -4.88. The van der Waals surface area contributed by atoms with E-state index in [2.05, 4.69) is 0 Å². The second-order valence-corrected chi connectivity index (χ2v) is 10.2. The van der Waals surface area contributed by atoms with Gasteiger partial charge in [0.25, 0.3) is 0 Å². The number of rotatable bonds is 13. The topological polar surface area (TPSA) is 161 Å². The van der Waals surface area contributed by atoms with Gasteiger partial charge in [0.05, 0.1) is 71.1 Å². The lowest BCUT2D eigenvalue weighted by Gasteiger charge is -2.45. The van der Waals surface area contributed by atoms with Gasteiger partial charge in [0, 0.05) is 17.4 Å². The van der Waals surface area contributed by atoms with Crippen LogP contribution in [0.4, 0.5) is 0 Å². The molecule has 0 saturated heterocycles. The Labute approximate surface area is 267 Å². The normalized spacial score (nSPS) is 16.3. The molecule has 0 unspecified atom stereocenters. The molecule has 0 N–H and O–H groups in total. The number of carbonyl (C=O) groups excluding carboxylic acids is 4. The highest BCUT2D eigenvalue weighted by molar-refractivity contribution is 6.03. The lowest BCUT2D eigenvalue weighted by atomic mass is 9.57. The predicted octanol–water partition coefficient (Wildman–Crippen LogP) is 3.04. The highest BCUT2D eigenvalue weighted by Crippen LogP contribution is 2.61. The zero-order chi connectivity index (χ0) is 34.3. The minimum absolute atomic E-state index is 0.185. The molecule has 0 saturated carbocycles. The summed E-state index contributed by atoms with van der Waals surface area (Å²) in [6, 6.07) is 4.92. The number of methoxy groups -OCH3 is 10. The third-order valence-electron chi connectivity index (χ3n) is 8.38. The third-order valence-corrected chi connectivity index (χ3v) is 8.38. The minimum Gasteiger partial charge on any atom is -0.493 e. The maximum absolute atomic E-state index is 14.0. The first-order valence-electron chi connectivity index (χ1n) is 14.0. The van der Waals surface area contributed by atoms with E-state index in [0.29, 0.717) is 33.9 Å². The summed E-state index contributed by atoms with van der Waals surface area (Å²) in [7, 11) is 13.1. The molecule has 0 aromatic heterocycles. The molecular weight excluding hydrogens is 608 g/mol. The van der Waals surface area contributed by atoms with Crippen LogP contribution < -0.4 is 28.4 Å². The summed E-state index contributed by atoms with van der Waals surface area (Å²) in [4.78, 5) is 53.9. The summed E-state index contributed by atoms with van der Waals surface area (Å²) in [5.74, 6) is -5.86. The standard InChI is InChI=1S/C32H40O14/c1-37-21-11-16(12-22(38-2)25(21)40-4)19-15-32(30(35)45-9,31(36)46-10)20(13-18(28(33)43-7)29(34)44-8)17-14-23(39-3)26(41-5)27(42-6)24(17)19/h11-12,14,18-20H,13,15H2,1-10H3/t19-,20-/m1/s1. The van der Waals surface area contributed by atoms with Crippen LogP contribution in [0.2, 0.25) is 0 Å². The molecule has 0 aliphatic heterocycles. The molecular formula is C32H40O14. The van der Waals surface area contributed by atoms with Gasteiger partial charge in [-0.15, -0.1) is 0 Å². The van der Waals surface area contributed by atoms with Gasteiger partial charge in [-0.25, -0.2) is 0 Å². The minimum atomic E-state index is -2.12. The molecule has 1 aliphatic rings. The Kier molecular flexibility index (Phi) is 11.6. The number of hydrogen-bond acceptors (Lipinski definition) is 14. The van der Waals surface area contributed by atoms with Crippen molar-refractivity contribution in [3.63, 3.8) is 0 Å². The van der Waals surface area contributed by atoms with E-state index in [1.807, 2.05) is 0 Å². The SMILES string of the molecule is COC(=O)C(C[C@@H]1c2cc(OC)c(OC)c(OC)c2[C@@H](c2cc(OC)c(OC)c(OC)c2)CC1(C(=O)OC)C(=O)OC)C(=O)OC. The number of benzene rings is 2. The largest absolute Gasteiger partial charge is 0.493 e. The quantitative estimate of drug-likeness (QED) is 0.177. The van der Waals surface area contributed by atoms with Crippen LogP contribution in [0.15, 0.2) is 18.2 Å². The molecule has 0 heterocycles. The predicted molar refractivity (Wildman–Crippen MR) is 160 cm³/mol. The smallest absolute Gasteiger partial charge is 0.323 e. The lowest BCUT2D eigenvalue weighted by molar-refractivity contribution is -0.175. The fraction of sp³-hybridized carbons (Fsp3) is 0.500. The third kappa shape index (κ3) is 5.90. The van der Waals surface area contributed by atoms with Gasteiger partial charge in [-0.1, -0.05) is 0 Å². The Bertz CT molecular complexity index is 1410. The van der Waals surface area contributed by atoms with Gasteiger partial charge in [0.1, 0.15) is 0 Å². The molecule has 0 radical (unpaired) electrons. The van der Waals surface area contributed by atoms with E-state index in [1.165, 1.54) is 42.7 Å². The second kappa shape index (κ2) is 14.9. The van der Waals surface area contributed by atoms with Crippen LogP contribution in [-0.2, 0) is 38.1 Å². The number of hydrogen-bond donors (Lipinski definition) is 0. The Morgan fingerprint density at radius 3 is 1.48 bits per heavy atom. The second-order valence-electron chi connectivity index (χ2n) is 10.2. The molecule has 0 fully saturated rings. The fourth-order valence-electron chi connectivity index (χ4n) is 6.30. The number of ether oxygens (including phenoxy) is 10. The number of esters is 4. The van der Waals surface area contributed by atoms with Gasteiger partial charge in [0.2, 0.25) is 11.5 Å². The average Bonchev–Trinajstić information content (AvgIpc) is 3.10. The van der Waals surface area contributed by atoms with Crippen LogP contribution in [0.1, 0.15) is 41.4 Å². The number of fused-ring (bicyclic) bond motifs is 1. The molecule has 46 heavy (non-hydrogen) atoms. The maximum atomic E-state index is 14.0. The van der Waals surface area contributed by atoms with Crippen LogP contribution in [0.25, 0.3) is 0 Å². The van der Waals surface area contributed by atoms with Gasteiger partial charge >= 0.3 is 23.9 Å². The molecule has 0 amide bonds. The van der Waals surface area contributed by atoms with Crippen molar-refractivity contribution in [1.29, 1.82) is 0 Å². The summed E-state index contributed by atoms with van der Waals surface area (Å²) < 4.78 is 54.3. The fourth-order valence-corrected chi connectivity index (χ4v) is 6.30. The summed E-state index contributed by atoms with van der Waals surface area (Å²) in [5, 5.41) is 0. The first kappa shape index (κ1) is 35.6. The van der Waals surface area contributed by atoms with E-state index in [9.17, 15) is 19.2 Å². The molecule has 14 heteroatoms. The zero-order valence-corrected chi connectivity index (χ0v) is 27.6. The first-order valence-corrected chi connectivity index (χ1v) is 14.0. The summed E-state index contributed by atoms with van der Waals surface area (Å²) >= 11 is 0. The van der Waals surface area contributed by atoms with Crippen molar-refractivity contribution in [2.24, 2.45) is 11.3 Å². The molecule has 0 bridgehead atoms. The van der Waals surface area contributed by atoms with Crippen molar-refractivity contribution in [3.05, 3.63) is 34.9 Å². The summed E-state index contributed by atoms with van der Waals surface area (Å²) in [5.41, 5.74) is -0.814. The molecule has 0 spiro atoms. The summed E-state index contributed by atoms with van der Waals surface area (Å²) in [6.07, 6.45) is -0.694. The van der Waals surface area contributed by atoms with Gasteiger partial charge in [-0.3, -0.25) is 19.2 Å². The van der Waals surface area contributed by atoms with E-state index < -0.39 is 53.5 Å². The van der Waals surface area contributed by atoms with Crippen LogP contribution in [-0.4, -0.2) is 95.0 Å². The van der Waals surface area contributed by atoms with Crippen molar-refractivity contribution in [2.75, 3.05) is 71.1 Å². The van der Waals surface area contributed by atoms with E-state index >= 15 is 0 Å². The zero-order valence-electron chi connectivity index (χ0n) is 27.6. The Morgan fingerprint density at radius 1 is 0.630 bits per heavy atom. The van der Waals surface area contributed by atoms with Crippen LogP contribution in [0, 0.1) is 11.3 Å². The number of carbonyl (C=O) groups is 4. The van der Waals surface area contributed by atoms with E-state index in [0.717, 1.165) is 28.4 Å². The van der Waals surface area contributed by atoms with Crippen molar-refractivity contribution in [1.82, 2.24) is 0 Å². The van der Waals surface area contributed by atoms with E-state index in [-0.39, 0.29) is 23.7 Å². The maximum Gasteiger partial charge on any atom is 0.323 e.